The van der Waals surface area contributed by atoms with Gasteiger partial charge in [-0.25, -0.2) is 0 Å². The van der Waals surface area contributed by atoms with Crippen LogP contribution in [0, 0.1) is 0 Å². The SMILES string of the molecule is CCCN1CCC(CN)(N2CCCC(N(C)C)C2)CC1. The normalized spacial score (nSPS) is 28.9. The number of likely N-dealkylation sites (N-methyl/N-ethyl adjacent to an activating group) is 1. The van der Waals surface area contributed by atoms with Gasteiger partial charge in [0.2, 0.25) is 0 Å². The van der Waals surface area contributed by atoms with Crippen molar-refractivity contribution in [1.82, 2.24) is 14.7 Å². The molecule has 118 valence electrons. The van der Waals surface area contributed by atoms with Crippen molar-refractivity contribution >= 4 is 0 Å². The highest BCUT2D eigenvalue weighted by atomic mass is 15.3. The maximum absolute atomic E-state index is 6.24. The second kappa shape index (κ2) is 7.21. The summed E-state index contributed by atoms with van der Waals surface area (Å²) in [5.41, 5.74) is 6.51. The largest absolute Gasteiger partial charge is 0.329 e. The molecule has 4 heteroatoms. The zero-order valence-corrected chi connectivity index (χ0v) is 13.8. The van der Waals surface area contributed by atoms with Crippen molar-refractivity contribution in [1.29, 1.82) is 0 Å². The average molecular weight is 282 g/mol. The van der Waals surface area contributed by atoms with Crippen molar-refractivity contribution in [2.45, 2.75) is 50.6 Å². The lowest BCUT2D eigenvalue weighted by molar-refractivity contribution is -0.00688. The fourth-order valence-corrected chi connectivity index (χ4v) is 3.97. The van der Waals surface area contributed by atoms with Gasteiger partial charge < -0.3 is 15.5 Å². The summed E-state index contributed by atoms with van der Waals surface area (Å²) in [6.45, 7) is 9.26. The zero-order valence-electron chi connectivity index (χ0n) is 13.8. The van der Waals surface area contributed by atoms with E-state index in [0.717, 1.165) is 6.54 Å². The predicted octanol–water partition coefficient (Wildman–Crippen LogP) is 1.22. The molecule has 4 nitrogen and oxygen atoms in total. The summed E-state index contributed by atoms with van der Waals surface area (Å²) in [7, 11) is 4.43. The van der Waals surface area contributed by atoms with Gasteiger partial charge in [0.05, 0.1) is 0 Å². The lowest BCUT2D eigenvalue weighted by Crippen LogP contribution is -2.63. The first-order chi connectivity index (χ1) is 9.61. The Balaban J connectivity index is 1.97. The topological polar surface area (TPSA) is 35.7 Å². The third-order valence-corrected chi connectivity index (χ3v) is 5.50. The molecule has 2 heterocycles. The molecular formula is C16H34N4. The number of hydrogen-bond donors (Lipinski definition) is 1. The van der Waals surface area contributed by atoms with Crippen molar-refractivity contribution in [3.8, 4) is 0 Å². The number of piperidine rings is 2. The second-order valence-corrected chi connectivity index (χ2v) is 6.98. The molecule has 2 fully saturated rings. The van der Waals surface area contributed by atoms with Crippen LogP contribution in [-0.2, 0) is 0 Å². The molecule has 0 spiro atoms. The van der Waals surface area contributed by atoms with E-state index in [2.05, 4.69) is 35.7 Å². The Hall–Kier alpha value is -0.160. The Kier molecular flexibility index (Phi) is 5.84. The standard InChI is InChI=1S/C16H34N4/c1-4-9-19-11-7-16(14-17,8-12-19)20-10-5-6-15(13-20)18(2)3/h15H,4-14,17H2,1-3H3. The highest BCUT2D eigenvalue weighted by Crippen LogP contribution is 2.31. The summed E-state index contributed by atoms with van der Waals surface area (Å²) < 4.78 is 0. The summed E-state index contributed by atoms with van der Waals surface area (Å²) in [5.74, 6) is 0. The van der Waals surface area contributed by atoms with Crippen LogP contribution in [-0.4, -0.2) is 79.6 Å². The maximum atomic E-state index is 6.24. The van der Waals surface area contributed by atoms with Gasteiger partial charge in [0.1, 0.15) is 0 Å². The van der Waals surface area contributed by atoms with Gasteiger partial charge in [0, 0.05) is 24.7 Å². The van der Waals surface area contributed by atoms with Crippen LogP contribution in [0.3, 0.4) is 0 Å². The molecule has 0 amide bonds. The minimum atomic E-state index is 0.277. The third kappa shape index (κ3) is 3.53. The quantitative estimate of drug-likeness (QED) is 0.822. The summed E-state index contributed by atoms with van der Waals surface area (Å²) >= 11 is 0. The number of hydrogen-bond acceptors (Lipinski definition) is 4. The molecule has 2 aliphatic heterocycles. The molecule has 2 aliphatic rings. The highest BCUT2D eigenvalue weighted by Gasteiger charge is 2.40. The second-order valence-electron chi connectivity index (χ2n) is 6.98. The van der Waals surface area contributed by atoms with Crippen molar-refractivity contribution in [3.05, 3.63) is 0 Å². The van der Waals surface area contributed by atoms with Gasteiger partial charge in [-0.05, 0) is 72.4 Å². The summed E-state index contributed by atoms with van der Waals surface area (Å²) in [6.07, 6.45) is 6.44. The molecule has 0 bridgehead atoms. The first-order valence-corrected chi connectivity index (χ1v) is 8.45. The Labute approximate surface area is 125 Å². The van der Waals surface area contributed by atoms with Gasteiger partial charge in [-0.3, -0.25) is 4.90 Å². The Morgan fingerprint density at radius 2 is 1.90 bits per heavy atom. The number of likely N-dealkylation sites (tertiary alicyclic amines) is 2. The van der Waals surface area contributed by atoms with E-state index in [1.54, 1.807) is 0 Å². The fraction of sp³-hybridized carbons (Fsp3) is 1.00. The molecule has 0 aromatic carbocycles. The lowest BCUT2D eigenvalue weighted by Gasteiger charge is -2.51. The highest BCUT2D eigenvalue weighted by molar-refractivity contribution is 4.98. The van der Waals surface area contributed by atoms with Gasteiger partial charge >= 0.3 is 0 Å². The minimum Gasteiger partial charge on any atom is -0.329 e. The first-order valence-electron chi connectivity index (χ1n) is 8.45. The van der Waals surface area contributed by atoms with E-state index in [4.69, 9.17) is 5.73 Å². The van der Waals surface area contributed by atoms with Crippen LogP contribution in [0.4, 0.5) is 0 Å². The molecule has 0 aromatic rings. The monoisotopic (exact) mass is 282 g/mol. The van der Waals surface area contributed by atoms with Crippen LogP contribution in [0.25, 0.3) is 0 Å². The van der Waals surface area contributed by atoms with Crippen molar-refractivity contribution in [2.24, 2.45) is 5.73 Å². The molecule has 0 saturated carbocycles. The summed E-state index contributed by atoms with van der Waals surface area (Å²) in [4.78, 5) is 7.73. The number of nitrogens with two attached hydrogens (primary N) is 1. The Morgan fingerprint density at radius 3 is 2.45 bits per heavy atom. The molecule has 2 N–H and O–H groups in total. The maximum Gasteiger partial charge on any atom is 0.0356 e. The first kappa shape index (κ1) is 16.2. The predicted molar refractivity (Wildman–Crippen MR) is 86.0 cm³/mol. The molecule has 0 aliphatic carbocycles. The van der Waals surface area contributed by atoms with Crippen LogP contribution < -0.4 is 5.73 Å². The van der Waals surface area contributed by atoms with E-state index in [9.17, 15) is 0 Å². The van der Waals surface area contributed by atoms with Gasteiger partial charge in [-0.15, -0.1) is 0 Å². The van der Waals surface area contributed by atoms with Crippen LogP contribution in [0.2, 0.25) is 0 Å². The Morgan fingerprint density at radius 1 is 1.20 bits per heavy atom. The van der Waals surface area contributed by atoms with Crippen molar-refractivity contribution < 1.29 is 0 Å². The summed E-state index contributed by atoms with van der Waals surface area (Å²) in [5, 5.41) is 0. The molecule has 2 rings (SSSR count). The van der Waals surface area contributed by atoms with Crippen LogP contribution >= 0.6 is 0 Å². The third-order valence-electron chi connectivity index (χ3n) is 5.50. The number of nitrogens with zero attached hydrogens (tertiary/aromatic N) is 3. The van der Waals surface area contributed by atoms with E-state index < -0.39 is 0 Å². The molecule has 2 saturated heterocycles. The van der Waals surface area contributed by atoms with E-state index in [0.29, 0.717) is 6.04 Å². The average Bonchev–Trinajstić information content (AvgIpc) is 2.49. The van der Waals surface area contributed by atoms with Crippen molar-refractivity contribution in [2.75, 3.05) is 53.4 Å². The van der Waals surface area contributed by atoms with Gasteiger partial charge in [-0.2, -0.15) is 0 Å². The van der Waals surface area contributed by atoms with Gasteiger partial charge in [-0.1, -0.05) is 6.92 Å². The fourth-order valence-electron chi connectivity index (χ4n) is 3.97. The molecule has 0 radical (unpaired) electrons. The zero-order chi connectivity index (χ0) is 14.6. The molecule has 1 atom stereocenters. The minimum absolute atomic E-state index is 0.277. The van der Waals surface area contributed by atoms with Gasteiger partial charge in [0.25, 0.3) is 0 Å². The van der Waals surface area contributed by atoms with Crippen LogP contribution in [0.1, 0.15) is 39.0 Å². The van der Waals surface area contributed by atoms with Crippen LogP contribution in [0.5, 0.6) is 0 Å². The number of rotatable bonds is 5. The van der Waals surface area contributed by atoms with E-state index in [1.807, 2.05) is 0 Å². The Bertz CT molecular complexity index is 284. The summed E-state index contributed by atoms with van der Waals surface area (Å²) in [6, 6.07) is 0.709. The molecular weight excluding hydrogens is 248 g/mol. The smallest absolute Gasteiger partial charge is 0.0356 e. The van der Waals surface area contributed by atoms with E-state index in [-0.39, 0.29) is 5.54 Å². The molecule has 0 aromatic heterocycles. The van der Waals surface area contributed by atoms with Gasteiger partial charge in [0.15, 0.2) is 0 Å². The van der Waals surface area contributed by atoms with E-state index in [1.165, 1.54) is 64.8 Å². The van der Waals surface area contributed by atoms with E-state index >= 15 is 0 Å². The van der Waals surface area contributed by atoms with Crippen LogP contribution in [0.15, 0.2) is 0 Å². The van der Waals surface area contributed by atoms with Crippen molar-refractivity contribution in [3.63, 3.8) is 0 Å². The lowest BCUT2D eigenvalue weighted by atomic mass is 9.83. The molecule has 1 unspecified atom stereocenters. The molecule has 20 heavy (non-hydrogen) atoms.